The molecule has 16 heavy (non-hydrogen) atoms. The average Bonchev–Trinajstić information content (AvgIpc) is 2.61. The Hall–Kier alpha value is -0.940. The molecule has 0 aliphatic heterocycles. The van der Waals surface area contributed by atoms with Crippen molar-refractivity contribution in [3.63, 3.8) is 0 Å². The van der Waals surface area contributed by atoms with E-state index >= 15 is 0 Å². The van der Waals surface area contributed by atoms with Gasteiger partial charge in [0, 0.05) is 10.8 Å². The molecule has 0 aliphatic rings. The molecule has 90 valence electrons. The Labute approximate surface area is 99.3 Å². The predicted octanol–water partition coefficient (Wildman–Crippen LogP) is 2.43. The summed E-state index contributed by atoms with van der Waals surface area (Å²) in [6, 6.07) is 0. The molecule has 5 heteroatoms. The monoisotopic (exact) mass is 243 g/mol. The van der Waals surface area contributed by atoms with Crippen LogP contribution < -0.4 is 0 Å². The zero-order valence-electron chi connectivity index (χ0n) is 9.98. The highest BCUT2D eigenvalue weighted by molar-refractivity contribution is 7.09. The van der Waals surface area contributed by atoms with Crippen molar-refractivity contribution in [2.45, 2.75) is 45.8 Å². The molecule has 1 heterocycles. The highest BCUT2D eigenvalue weighted by Crippen LogP contribution is 2.25. The van der Waals surface area contributed by atoms with E-state index in [1.807, 2.05) is 5.38 Å². The number of rotatable bonds is 4. The summed E-state index contributed by atoms with van der Waals surface area (Å²) in [6.45, 7) is 8.04. The van der Waals surface area contributed by atoms with E-state index in [1.54, 1.807) is 11.3 Å². The quantitative estimate of drug-likeness (QED) is 0.882. The number of hydrogen-bond acceptors (Lipinski definition) is 4. The van der Waals surface area contributed by atoms with E-state index in [0.717, 1.165) is 10.7 Å². The molecule has 0 amide bonds. The van der Waals surface area contributed by atoms with Crippen molar-refractivity contribution in [1.29, 1.82) is 0 Å². The maximum Gasteiger partial charge on any atom is 0.332 e. The molecule has 0 bridgehead atoms. The molecular formula is C11H17NO3S. The fraction of sp³-hybridized carbons (Fsp3) is 0.636. The zero-order chi connectivity index (χ0) is 12.3. The molecular weight excluding hydrogens is 226 g/mol. The van der Waals surface area contributed by atoms with Crippen LogP contribution in [0.3, 0.4) is 0 Å². The number of carboxylic acid groups (broad SMARTS) is 1. The first-order valence-electron chi connectivity index (χ1n) is 5.10. The zero-order valence-corrected chi connectivity index (χ0v) is 10.8. The van der Waals surface area contributed by atoms with Crippen LogP contribution >= 0.6 is 11.3 Å². The number of carbonyl (C=O) groups is 1. The van der Waals surface area contributed by atoms with Crippen LogP contribution in [0.5, 0.6) is 0 Å². The molecule has 1 atom stereocenters. The lowest BCUT2D eigenvalue weighted by Gasteiger charge is -2.13. The molecule has 1 aromatic heterocycles. The number of nitrogens with zero attached hydrogens (tertiary/aromatic N) is 1. The van der Waals surface area contributed by atoms with Gasteiger partial charge >= 0.3 is 5.97 Å². The van der Waals surface area contributed by atoms with Crippen LogP contribution in [0.1, 0.15) is 38.4 Å². The van der Waals surface area contributed by atoms with Gasteiger partial charge in [0.25, 0.3) is 0 Å². The molecule has 0 aromatic carbocycles. The summed E-state index contributed by atoms with van der Waals surface area (Å²) in [4.78, 5) is 15.0. The first-order chi connectivity index (χ1) is 7.30. The smallest absolute Gasteiger partial charge is 0.332 e. The van der Waals surface area contributed by atoms with Gasteiger partial charge in [-0.25, -0.2) is 9.78 Å². The fourth-order valence-corrected chi connectivity index (χ4v) is 1.89. The summed E-state index contributed by atoms with van der Waals surface area (Å²) in [5.41, 5.74) is 0.824. The van der Waals surface area contributed by atoms with E-state index in [1.165, 1.54) is 6.92 Å². The van der Waals surface area contributed by atoms with Crippen LogP contribution in [0, 0.1) is 0 Å². The lowest BCUT2D eigenvalue weighted by atomic mass is 9.98. The van der Waals surface area contributed by atoms with Crippen LogP contribution in [0.2, 0.25) is 0 Å². The van der Waals surface area contributed by atoms with E-state index in [4.69, 9.17) is 9.84 Å². The molecule has 0 fully saturated rings. The van der Waals surface area contributed by atoms with Gasteiger partial charge in [0.1, 0.15) is 0 Å². The summed E-state index contributed by atoms with van der Waals surface area (Å²) in [5, 5.41) is 11.6. The molecule has 0 aliphatic carbocycles. The van der Waals surface area contributed by atoms with Gasteiger partial charge in [0.05, 0.1) is 17.3 Å². The van der Waals surface area contributed by atoms with Crippen LogP contribution in [0.25, 0.3) is 0 Å². The SMILES string of the molecule is C[C@H](OCc1csc(C(C)(C)C)n1)C(=O)O. The summed E-state index contributed by atoms with van der Waals surface area (Å²) in [6.07, 6.45) is -0.792. The third kappa shape index (κ3) is 3.57. The maximum absolute atomic E-state index is 10.5. The summed E-state index contributed by atoms with van der Waals surface area (Å²) in [5.74, 6) is -0.953. The van der Waals surface area contributed by atoms with E-state index in [-0.39, 0.29) is 12.0 Å². The van der Waals surface area contributed by atoms with Crippen molar-refractivity contribution in [3.8, 4) is 0 Å². The van der Waals surface area contributed by atoms with Crippen molar-refractivity contribution in [2.75, 3.05) is 0 Å². The van der Waals surface area contributed by atoms with Crippen molar-refractivity contribution >= 4 is 17.3 Å². The third-order valence-corrected chi connectivity index (χ3v) is 3.34. The van der Waals surface area contributed by atoms with Gasteiger partial charge in [0.15, 0.2) is 6.10 Å². The lowest BCUT2D eigenvalue weighted by Crippen LogP contribution is -2.19. The first-order valence-corrected chi connectivity index (χ1v) is 5.98. The van der Waals surface area contributed by atoms with Gasteiger partial charge in [-0.15, -0.1) is 11.3 Å². The standard InChI is InChI=1S/C11H17NO3S/c1-7(9(13)14)15-5-8-6-16-10(12-8)11(2,3)4/h6-7H,5H2,1-4H3,(H,13,14)/t7-/m0/s1. The molecule has 1 aromatic rings. The molecule has 4 nitrogen and oxygen atoms in total. The maximum atomic E-state index is 10.5. The van der Waals surface area contributed by atoms with Gasteiger partial charge in [-0.05, 0) is 6.92 Å². The Balaban J connectivity index is 2.57. The predicted molar refractivity (Wildman–Crippen MR) is 62.7 cm³/mol. The highest BCUT2D eigenvalue weighted by Gasteiger charge is 2.18. The van der Waals surface area contributed by atoms with E-state index in [0.29, 0.717) is 0 Å². The molecule has 0 spiro atoms. The molecule has 0 radical (unpaired) electrons. The van der Waals surface area contributed by atoms with Gasteiger partial charge < -0.3 is 9.84 Å². The van der Waals surface area contributed by atoms with Gasteiger partial charge in [-0.2, -0.15) is 0 Å². The van der Waals surface area contributed by atoms with Crippen LogP contribution in [-0.4, -0.2) is 22.2 Å². The Morgan fingerprint density at radius 1 is 1.62 bits per heavy atom. The Morgan fingerprint density at radius 2 is 2.25 bits per heavy atom. The summed E-state index contributed by atoms with van der Waals surface area (Å²) < 4.78 is 5.16. The molecule has 0 saturated carbocycles. The minimum absolute atomic E-state index is 0.0291. The molecule has 1 rings (SSSR count). The number of hydrogen-bond donors (Lipinski definition) is 1. The number of carboxylic acids is 1. The summed E-state index contributed by atoms with van der Waals surface area (Å²) >= 11 is 1.58. The van der Waals surface area contributed by atoms with Crippen LogP contribution in [0.4, 0.5) is 0 Å². The first kappa shape index (κ1) is 13.1. The van der Waals surface area contributed by atoms with Gasteiger partial charge in [0.2, 0.25) is 0 Å². The normalized spacial score (nSPS) is 13.8. The lowest BCUT2D eigenvalue weighted by molar-refractivity contribution is -0.149. The number of aromatic nitrogens is 1. The van der Waals surface area contributed by atoms with E-state index in [2.05, 4.69) is 25.8 Å². The second-order valence-electron chi connectivity index (χ2n) is 4.69. The van der Waals surface area contributed by atoms with E-state index < -0.39 is 12.1 Å². The van der Waals surface area contributed by atoms with Gasteiger partial charge in [-0.3, -0.25) is 0 Å². The Morgan fingerprint density at radius 3 is 2.69 bits per heavy atom. The second kappa shape index (κ2) is 4.93. The highest BCUT2D eigenvalue weighted by atomic mass is 32.1. The summed E-state index contributed by atoms with van der Waals surface area (Å²) in [7, 11) is 0. The van der Waals surface area contributed by atoms with Crippen molar-refractivity contribution in [1.82, 2.24) is 4.98 Å². The number of aliphatic carboxylic acids is 1. The minimum Gasteiger partial charge on any atom is -0.479 e. The largest absolute Gasteiger partial charge is 0.479 e. The second-order valence-corrected chi connectivity index (χ2v) is 5.54. The topological polar surface area (TPSA) is 59.4 Å². The third-order valence-electron chi connectivity index (χ3n) is 2.02. The molecule has 1 N–H and O–H groups in total. The minimum atomic E-state index is -0.953. The number of thiazole rings is 1. The van der Waals surface area contributed by atoms with Gasteiger partial charge in [-0.1, -0.05) is 20.8 Å². The Bertz CT molecular complexity index is 368. The molecule has 0 unspecified atom stereocenters. The van der Waals surface area contributed by atoms with Crippen molar-refractivity contribution in [3.05, 3.63) is 16.1 Å². The molecule has 0 saturated heterocycles. The van der Waals surface area contributed by atoms with E-state index in [9.17, 15) is 4.79 Å². The average molecular weight is 243 g/mol. The fourth-order valence-electron chi connectivity index (χ4n) is 0.999. The van der Waals surface area contributed by atoms with Crippen LogP contribution in [-0.2, 0) is 21.6 Å². The van der Waals surface area contributed by atoms with Crippen LogP contribution in [0.15, 0.2) is 5.38 Å². The van der Waals surface area contributed by atoms with Crippen molar-refractivity contribution in [2.24, 2.45) is 0 Å². The van der Waals surface area contributed by atoms with Crippen molar-refractivity contribution < 1.29 is 14.6 Å². The number of ether oxygens (including phenoxy) is 1. The Kier molecular flexibility index (Phi) is 4.04.